The Hall–Kier alpha value is -1.82. The fourth-order valence-corrected chi connectivity index (χ4v) is 1.37. The van der Waals surface area contributed by atoms with E-state index in [4.69, 9.17) is 5.73 Å². The second-order valence-corrected chi connectivity index (χ2v) is 3.17. The summed E-state index contributed by atoms with van der Waals surface area (Å²) in [7, 11) is 0. The van der Waals surface area contributed by atoms with Crippen molar-refractivity contribution in [2.75, 3.05) is 11.6 Å². The number of hydrogen-bond donors (Lipinski definition) is 1. The molecule has 1 aliphatic rings. The molecule has 0 radical (unpaired) electrons. The minimum absolute atomic E-state index is 0.0843. The Kier molecular flexibility index (Phi) is 2.68. The second kappa shape index (κ2) is 4.14. The van der Waals surface area contributed by atoms with Gasteiger partial charge in [0.15, 0.2) is 5.82 Å². The van der Waals surface area contributed by atoms with Gasteiger partial charge in [0.25, 0.3) is 5.91 Å². The van der Waals surface area contributed by atoms with E-state index in [0.717, 1.165) is 5.71 Å². The van der Waals surface area contributed by atoms with Crippen LogP contribution >= 0.6 is 0 Å². The standard InChI is InChI=1S/C9H11N5O/c10-4-3-7-6-9(15)14(13-7)8-2-1-5-11-12-8/h1-2,5H,3-4,6,10H2. The van der Waals surface area contributed by atoms with Crippen LogP contribution in [0.3, 0.4) is 0 Å². The van der Waals surface area contributed by atoms with Crippen LogP contribution in [0.1, 0.15) is 12.8 Å². The minimum Gasteiger partial charge on any atom is -0.330 e. The molecule has 0 aliphatic carbocycles. The first-order valence-corrected chi connectivity index (χ1v) is 4.68. The van der Waals surface area contributed by atoms with Gasteiger partial charge in [-0.05, 0) is 18.7 Å². The monoisotopic (exact) mass is 205 g/mol. The third-order valence-corrected chi connectivity index (χ3v) is 2.04. The molecule has 2 heterocycles. The smallest absolute Gasteiger partial charge is 0.254 e. The van der Waals surface area contributed by atoms with Crippen molar-refractivity contribution in [1.29, 1.82) is 0 Å². The summed E-state index contributed by atoms with van der Waals surface area (Å²) >= 11 is 0. The van der Waals surface area contributed by atoms with Crippen molar-refractivity contribution in [3.05, 3.63) is 18.3 Å². The van der Waals surface area contributed by atoms with Crippen molar-refractivity contribution in [3.63, 3.8) is 0 Å². The number of carbonyl (C=O) groups excluding carboxylic acids is 1. The van der Waals surface area contributed by atoms with Crippen LogP contribution < -0.4 is 10.7 Å². The van der Waals surface area contributed by atoms with Gasteiger partial charge in [0.1, 0.15) is 0 Å². The molecular weight excluding hydrogens is 194 g/mol. The van der Waals surface area contributed by atoms with Gasteiger partial charge in [0.2, 0.25) is 0 Å². The molecule has 2 rings (SSSR count). The van der Waals surface area contributed by atoms with Crippen molar-refractivity contribution < 1.29 is 4.79 Å². The third-order valence-electron chi connectivity index (χ3n) is 2.04. The van der Waals surface area contributed by atoms with Crippen molar-refractivity contribution in [1.82, 2.24) is 10.2 Å². The molecule has 6 nitrogen and oxygen atoms in total. The summed E-state index contributed by atoms with van der Waals surface area (Å²) in [5.41, 5.74) is 6.20. The number of aromatic nitrogens is 2. The van der Waals surface area contributed by atoms with Crippen LogP contribution in [0, 0.1) is 0 Å². The first-order chi connectivity index (χ1) is 7.31. The molecule has 0 bridgehead atoms. The van der Waals surface area contributed by atoms with Crippen LogP contribution in [0.2, 0.25) is 0 Å². The first-order valence-electron chi connectivity index (χ1n) is 4.68. The van der Waals surface area contributed by atoms with E-state index in [1.54, 1.807) is 18.3 Å². The predicted molar refractivity (Wildman–Crippen MR) is 55.2 cm³/mol. The molecule has 0 saturated carbocycles. The molecule has 0 atom stereocenters. The molecule has 1 aliphatic heterocycles. The molecule has 15 heavy (non-hydrogen) atoms. The summed E-state index contributed by atoms with van der Waals surface area (Å²) < 4.78 is 0. The van der Waals surface area contributed by atoms with Crippen LogP contribution in [0.25, 0.3) is 0 Å². The Morgan fingerprint density at radius 3 is 3.07 bits per heavy atom. The molecule has 2 N–H and O–H groups in total. The number of hydrazone groups is 1. The highest BCUT2D eigenvalue weighted by Crippen LogP contribution is 2.17. The third kappa shape index (κ3) is 1.99. The van der Waals surface area contributed by atoms with E-state index in [9.17, 15) is 4.79 Å². The van der Waals surface area contributed by atoms with Crippen molar-refractivity contribution in [2.24, 2.45) is 10.8 Å². The SMILES string of the molecule is NCCC1=NN(c2cccnn2)C(=O)C1. The molecule has 0 unspecified atom stereocenters. The number of rotatable bonds is 3. The van der Waals surface area contributed by atoms with Gasteiger partial charge in [0, 0.05) is 18.3 Å². The summed E-state index contributed by atoms with van der Waals surface area (Å²) in [4.78, 5) is 11.6. The fraction of sp³-hybridized carbons (Fsp3) is 0.333. The highest BCUT2D eigenvalue weighted by molar-refractivity contribution is 6.12. The predicted octanol–water partition coefficient (Wildman–Crippen LogP) is -0.0819. The number of nitrogens with zero attached hydrogens (tertiary/aromatic N) is 4. The van der Waals surface area contributed by atoms with E-state index in [0.29, 0.717) is 25.2 Å². The van der Waals surface area contributed by atoms with Gasteiger partial charge in [-0.3, -0.25) is 4.79 Å². The van der Waals surface area contributed by atoms with E-state index >= 15 is 0 Å². The zero-order valence-corrected chi connectivity index (χ0v) is 8.13. The Bertz CT molecular complexity index is 389. The van der Waals surface area contributed by atoms with Gasteiger partial charge in [-0.1, -0.05) is 0 Å². The number of anilines is 1. The van der Waals surface area contributed by atoms with E-state index in [-0.39, 0.29) is 5.91 Å². The summed E-state index contributed by atoms with van der Waals surface area (Å²) in [6.45, 7) is 0.500. The lowest BCUT2D eigenvalue weighted by atomic mass is 10.2. The Morgan fingerprint density at radius 1 is 1.53 bits per heavy atom. The fourth-order valence-electron chi connectivity index (χ4n) is 1.37. The molecule has 0 spiro atoms. The van der Waals surface area contributed by atoms with Gasteiger partial charge in [0.05, 0.1) is 6.42 Å². The Balaban J connectivity index is 2.20. The normalized spacial score (nSPS) is 15.7. The van der Waals surface area contributed by atoms with Crippen LogP contribution in [0.5, 0.6) is 0 Å². The first kappa shape index (κ1) is 9.72. The lowest BCUT2D eigenvalue weighted by molar-refractivity contribution is -0.116. The summed E-state index contributed by atoms with van der Waals surface area (Å²) in [5, 5.41) is 12.9. The van der Waals surface area contributed by atoms with Crippen LogP contribution in [-0.4, -0.2) is 28.4 Å². The van der Waals surface area contributed by atoms with E-state index in [1.807, 2.05) is 0 Å². The van der Waals surface area contributed by atoms with Crippen LogP contribution in [-0.2, 0) is 4.79 Å². The average Bonchev–Trinajstić information content (AvgIpc) is 2.61. The summed E-state index contributed by atoms with van der Waals surface area (Å²) in [6, 6.07) is 3.41. The number of amides is 1. The lowest BCUT2D eigenvalue weighted by Gasteiger charge is -2.07. The molecule has 1 amide bonds. The number of carbonyl (C=O) groups is 1. The molecule has 0 saturated heterocycles. The summed E-state index contributed by atoms with van der Waals surface area (Å²) in [5.74, 6) is 0.369. The van der Waals surface area contributed by atoms with Gasteiger partial charge < -0.3 is 5.73 Å². The molecule has 1 aromatic heterocycles. The van der Waals surface area contributed by atoms with Crippen LogP contribution in [0.4, 0.5) is 5.82 Å². The largest absolute Gasteiger partial charge is 0.330 e. The van der Waals surface area contributed by atoms with Crippen molar-refractivity contribution >= 4 is 17.4 Å². The van der Waals surface area contributed by atoms with E-state index in [1.165, 1.54) is 5.01 Å². The quantitative estimate of drug-likeness (QED) is 0.747. The minimum atomic E-state index is -0.0843. The van der Waals surface area contributed by atoms with Crippen molar-refractivity contribution in [2.45, 2.75) is 12.8 Å². The topological polar surface area (TPSA) is 84.5 Å². The lowest BCUT2D eigenvalue weighted by Crippen LogP contribution is -2.20. The molecule has 0 fully saturated rings. The Labute approximate surface area is 86.8 Å². The summed E-state index contributed by atoms with van der Waals surface area (Å²) in [6.07, 6.45) is 2.52. The van der Waals surface area contributed by atoms with Gasteiger partial charge in [-0.15, -0.1) is 5.10 Å². The maximum Gasteiger partial charge on any atom is 0.254 e. The second-order valence-electron chi connectivity index (χ2n) is 3.17. The zero-order valence-electron chi connectivity index (χ0n) is 8.13. The highest BCUT2D eigenvalue weighted by Gasteiger charge is 2.25. The van der Waals surface area contributed by atoms with Crippen molar-refractivity contribution in [3.8, 4) is 0 Å². The number of hydrogen-bond acceptors (Lipinski definition) is 5. The molecule has 1 aromatic rings. The van der Waals surface area contributed by atoms with E-state index in [2.05, 4.69) is 15.3 Å². The molecule has 78 valence electrons. The molecule has 0 aromatic carbocycles. The molecule has 6 heteroatoms. The maximum absolute atomic E-state index is 11.6. The van der Waals surface area contributed by atoms with Gasteiger partial charge in [-0.2, -0.15) is 15.2 Å². The van der Waals surface area contributed by atoms with Gasteiger partial charge in [-0.25, -0.2) is 0 Å². The van der Waals surface area contributed by atoms with E-state index < -0.39 is 0 Å². The zero-order chi connectivity index (χ0) is 10.7. The highest BCUT2D eigenvalue weighted by atomic mass is 16.2. The van der Waals surface area contributed by atoms with Crippen LogP contribution in [0.15, 0.2) is 23.4 Å². The average molecular weight is 205 g/mol. The van der Waals surface area contributed by atoms with Gasteiger partial charge >= 0.3 is 0 Å². The maximum atomic E-state index is 11.6. The Morgan fingerprint density at radius 2 is 2.40 bits per heavy atom. The number of nitrogens with two attached hydrogens (primary N) is 1. The molecular formula is C9H11N5O.